The summed E-state index contributed by atoms with van der Waals surface area (Å²) in [7, 11) is 1.58. The van der Waals surface area contributed by atoms with Gasteiger partial charge in [-0.05, 0) is 36.1 Å². The second kappa shape index (κ2) is 8.25. The molecule has 0 radical (unpaired) electrons. The largest absolute Gasteiger partial charge is 0.495 e. The van der Waals surface area contributed by atoms with E-state index < -0.39 is 0 Å². The van der Waals surface area contributed by atoms with Gasteiger partial charge in [0.25, 0.3) is 0 Å². The Labute approximate surface area is 160 Å². The number of amides is 2. The minimum Gasteiger partial charge on any atom is -0.495 e. The van der Waals surface area contributed by atoms with Gasteiger partial charge in [0.15, 0.2) is 0 Å². The van der Waals surface area contributed by atoms with Gasteiger partial charge in [-0.2, -0.15) is 0 Å². The SMILES string of the molecule is CCc1cccc(CC)c1NC(=O)[C@H]1CC(=O)N(c2ccccc2OC)C1. The molecule has 142 valence electrons. The maximum atomic E-state index is 12.9. The van der Waals surface area contributed by atoms with E-state index in [4.69, 9.17) is 4.74 Å². The van der Waals surface area contributed by atoms with E-state index >= 15 is 0 Å². The van der Waals surface area contributed by atoms with Crippen molar-refractivity contribution >= 4 is 23.2 Å². The van der Waals surface area contributed by atoms with E-state index in [1.807, 2.05) is 42.5 Å². The fourth-order valence-corrected chi connectivity index (χ4v) is 3.60. The lowest BCUT2D eigenvalue weighted by atomic mass is 10.0. The van der Waals surface area contributed by atoms with Crippen LogP contribution in [0, 0.1) is 5.92 Å². The number of aryl methyl sites for hydroxylation is 2. The van der Waals surface area contributed by atoms with Gasteiger partial charge in [-0.15, -0.1) is 0 Å². The van der Waals surface area contributed by atoms with Crippen molar-refractivity contribution in [2.24, 2.45) is 5.92 Å². The number of para-hydroxylation sites is 3. The van der Waals surface area contributed by atoms with Crippen LogP contribution in [-0.4, -0.2) is 25.5 Å². The van der Waals surface area contributed by atoms with E-state index in [2.05, 4.69) is 19.2 Å². The summed E-state index contributed by atoms with van der Waals surface area (Å²) in [5.74, 6) is 0.101. The zero-order valence-electron chi connectivity index (χ0n) is 16.1. The first-order valence-corrected chi connectivity index (χ1v) is 9.44. The van der Waals surface area contributed by atoms with E-state index in [0.717, 1.165) is 29.7 Å². The average molecular weight is 366 g/mol. The van der Waals surface area contributed by atoms with Crippen LogP contribution in [0.2, 0.25) is 0 Å². The minimum absolute atomic E-state index is 0.0564. The molecule has 1 fully saturated rings. The number of rotatable bonds is 6. The summed E-state index contributed by atoms with van der Waals surface area (Å²) in [4.78, 5) is 27.1. The highest BCUT2D eigenvalue weighted by Gasteiger charge is 2.36. The molecule has 0 bridgehead atoms. The molecule has 1 atom stereocenters. The minimum atomic E-state index is -0.378. The Morgan fingerprint density at radius 2 is 1.78 bits per heavy atom. The summed E-state index contributed by atoms with van der Waals surface area (Å²) in [5.41, 5.74) is 3.85. The number of nitrogens with one attached hydrogen (secondary N) is 1. The number of hydrogen-bond acceptors (Lipinski definition) is 3. The number of ether oxygens (including phenoxy) is 1. The highest BCUT2D eigenvalue weighted by molar-refractivity contribution is 6.04. The van der Waals surface area contributed by atoms with Crippen molar-refractivity contribution in [3.05, 3.63) is 53.6 Å². The molecule has 27 heavy (non-hydrogen) atoms. The summed E-state index contributed by atoms with van der Waals surface area (Å²) in [6.45, 7) is 4.51. The van der Waals surface area contributed by atoms with Crippen LogP contribution >= 0.6 is 0 Å². The zero-order valence-corrected chi connectivity index (χ0v) is 16.1. The van der Waals surface area contributed by atoms with Crippen molar-refractivity contribution in [2.45, 2.75) is 33.1 Å². The Hall–Kier alpha value is -2.82. The third-order valence-corrected chi connectivity index (χ3v) is 5.12. The van der Waals surface area contributed by atoms with Gasteiger partial charge in [-0.25, -0.2) is 0 Å². The van der Waals surface area contributed by atoms with Crippen LogP contribution in [0.25, 0.3) is 0 Å². The van der Waals surface area contributed by atoms with Gasteiger partial charge in [-0.1, -0.05) is 44.2 Å². The van der Waals surface area contributed by atoms with Crippen molar-refractivity contribution < 1.29 is 14.3 Å². The van der Waals surface area contributed by atoms with Gasteiger partial charge < -0.3 is 15.0 Å². The molecule has 0 aromatic heterocycles. The molecule has 1 aliphatic heterocycles. The lowest BCUT2D eigenvalue weighted by Gasteiger charge is -2.20. The summed E-state index contributed by atoms with van der Waals surface area (Å²) in [6, 6.07) is 13.5. The van der Waals surface area contributed by atoms with E-state index in [9.17, 15) is 9.59 Å². The predicted molar refractivity (Wildman–Crippen MR) is 107 cm³/mol. The normalized spacial score (nSPS) is 16.5. The van der Waals surface area contributed by atoms with E-state index in [1.165, 1.54) is 0 Å². The lowest BCUT2D eigenvalue weighted by molar-refractivity contribution is -0.122. The Kier molecular flexibility index (Phi) is 5.79. The van der Waals surface area contributed by atoms with Gasteiger partial charge >= 0.3 is 0 Å². The highest BCUT2D eigenvalue weighted by atomic mass is 16.5. The fraction of sp³-hybridized carbons (Fsp3) is 0.364. The molecule has 2 aromatic rings. The van der Waals surface area contributed by atoms with Gasteiger partial charge in [0.2, 0.25) is 11.8 Å². The number of methoxy groups -OCH3 is 1. The predicted octanol–water partition coefficient (Wildman–Crippen LogP) is 3.81. The molecule has 0 aliphatic carbocycles. The van der Waals surface area contributed by atoms with Crippen LogP contribution in [0.5, 0.6) is 5.75 Å². The Balaban J connectivity index is 1.79. The molecule has 3 rings (SSSR count). The molecule has 0 spiro atoms. The molecule has 1 heterocycles. The molecular formula is C22H26N2O3. The van der Waals surface area contributed by atoms with Gasteiger partial charge in [-0.3, -0.25) is 9.59 Å². The summed E-state index contributed by atoms with van der Waals surface area (Å²) in [5, 5.41) is 3.10. The molecule has 5 heteroatoms. The quantitative estimate of drug-likeness (QED) is 0.846. The van der Waals surface area contributed by atoms with Crippen molar-refractivity contribution in [3.63, 3.8) is 0 Å². The number of carbonyl (C=O) groups excluding carboxylic acids is 2. The Morgan fingerprint density at radius 3 is 2.41 bits per heavy atom. The first-order valence-electron chi connectivity index (χ1n) is 9.44. The van der Waals surface area contributed by atoms with Crippen LogP contribution in [-0.2, 0) is 22.4 Å². The summed E-state index contributed by atoms with van der Waals surface area (Å²) >= 11 is 0. The molecule has 2 amide bonds. The fourth-order valence-electron chi connectivity index (χ4n) is 3.60. The van der Waals surface area contributed by atoms with Crippen LogP contribution < -0.4 is 15.0 Å². The van der Waals surface area contributed by atoms with E-state index in [0.29, 0.717) is 18.0 Å². The number of benzene rings is 2. The average Bonchev–Trinajstić information content (AvgIpc) is 3.09. The molecule has 0 saturated carbocycles. The maximum Gasteiger partial charge on any atom is 0.229 e. The van der Waals surface area contributed by atoms with Crippen molar-refractivity contribution in [3.8, 4) is 5.75 Å². The van der Waals surface area contributed by atoms with Gasteiger partial charge in [0.05, 0.1) is 18.7 Å². The third-order valence-electron chi connectivity index (χ3n) is 5.12. The standard InChI is InChI=1S/C22H26N2O3/c1-4-15-9-8-10-16(5-2)21(15)23-22(26)17-13-20(25)24(14-17)18-11-6-7-12-19(18)27-3/h6-12,17H,4-5,13-14H2,1-3H3,(H,23,26)/t17-/m0/s1. The first-order chi connectivity index (χ1) is 13.1. The first kappa shape index (κ1) is 19.0. The Bertz CT molecular complexity index is 825. The van der Waals surface area contributed by atoms with Crippen LogP contribution in [0.1, 0.15) is 31.4 Å². The van der Waals surface area contributed by atoms with E-state index in [-0.39, 0.29) is 24.2 Å². The smallest absolute Gasteiger partial charge is 0.229 e. The molecule has 5 nitrogen and oxygen atoms in total. The van der Waals surface area contributed by atoms with Crippen LogP contribution in [0.3, 0.4) is 0 Å². The third kappa shape index (κ3) is 3.82. The number of nitrogens with zero attached hydrogens (tertiary/aromatic N) is 1. The second-order valence-corrected chi connectivity index (χ2v) is 6.72. The maximum absolute atomic E-state index is 12.9. The van der Waals surface area contributed by atoms with Crippen molar-refractivity contribution in [1.82, 2.24) is 0 Å². The summed E-state index contributed by atoms with van der Waals surface area (Å²) in [6.07, 6.45) is 1.90. The number of hydrogen-bond donors (Lipinski definition) is 1. The monoisotopic (exact) mass is 366 g/mol. The topological polar surface area (TPSA) is 58.6 Å². The molecule has 2 aromatic carbocycles. The van der Waals surface area contributed by atoms with Gasteiger partial charge in [0.1, 0.15) is 5.75 Å². The highest BCUT2D eigenvalue weighted by Crippen LogP contribution is 2.33. The van der Waals surface area contributed by atoms with Crippen molar-refractivity contribution in [2.75, 3.05) is 23.9 Å². The second-order valence-electron chi connectivity index (χ2n) is 6.72. The molecule has 1 aliphatic rings. The number of anilines is 2. The lowest BCUT2D eigenvalue weighted by Crippen LogP contribution is -2.28. The van der Waals surface area contributed by atoms with Gasteiger partial charge in [0, 0.05) is 18.7 Å². The molecule has 0 unspecified atom stereocenters. The zero-order chi connectivity index (χ0) is 19.4. The van der Waals surface area contributed by atoms with Crippen molar-refractivity contribution in [1.29, 1.82) is 0 Å². The van der Waals surface area contributed by atoms with Crippen LogP contribution in [0.15, 0.2) is 42.5 Å². The van der Waals surface area contributed by atoms with E-state index in [1.54, 1.807) is 12.0 Å². The molecule has 1 N–H and O–H groups in total. The summed E-state index contributed by atoms with van der Waals surface area (Å²) < 4.78 is 5.36. The number of carbonyl (C=O) groups is 2. The molecule has 1 saturated heterocycles. The molecular weight excluding hydrogens is 340 g/mol. The van der Waals surface area contributed by atoms with Crippen LogP contribution in [0.4, 0.5) is 11.4 Å². The Morgan fingerprint density at radius 1 is 1.11 bits per heavy atom.